The molecule has 0 spiro atoms. The van der Waals surface area contributed by atoms with Gasteiger partial charge in [-0.1, -0.05) is 0 Å². The molecule has 16 heavy (non-hydrogen) atoms. The molecule has 0 heterocycles. The number of hydrogen-bond acceptors (Lipinski definition) is 3. The van der Waals surface area contributed by atoms with Gasteiger partial charge in [-0.15, -0.1) is 0 Å². The largest absolute Gasteiger partial charge is 0.505 e. The van der Waals surface area contributed by atoms with E-state index < -0.39 is 5.82 Å². The van der Waals surface area contributed by atoms with Crippen LogP contribution in [0.3, 0.4) is 0 Å². The van der Waals surface area contributed by atoms with E-state index in [4.69, 9.17) is 10.5 Å². The molecule has 1 aromatic rings. The van der Waals surface area contributed by atoms with E-state index in [0.717, 1.165) is 12.8 Å². The van der Waals surface area contributed by atoms with Gasteiger partial charge in [0.2, 0.25) is 5.82 Å². The highest BCUT2D eigenvalue weighted by Crippen LogP contribution is 2.36. The van der Waals surface area contributed by atoms with Gasteiger partial charge in [0.15, 0.2) is 11.5 Å². The van der Waals surface area contributed by atoms with Crippen LogP contribution in [0.2, 0.25) is 0 Å². The second-order valence-corrected chi connectivity index (χ2v) is 4.31. The first-order chi connectivity index (χ1) is 7.61. The number of rotatable bonds is 5. The summed E-state index contributed by atoms with van der Waals surface area (Å²) >= 11 is 3.20. The maximum atomic E-state index is 13.6. The highest BCUT2D eigenvalue weighted by molar-refractivity contribution is 9.10. The molecule has 3 N–H and O–H groups in total. The summed E-state index contributed by atoms with van der Waals surface area (Å²) in [5.41, 5.74) is 5.94. The van der Waals surface area contributed by atoms with Gasteiger partial charge in [-0.25, -0.2) is 0 Å². The molecule has 90 valence electrons. The summed E-state index contributed by atoms with van der Waals surface area (Å²) in [5, 5.41) is 9.63. The Balaban J connectivity index is 2.94. The molecule has 0 radical (unpaired) electrons. The van der Waals surface area contributed by atoms with Gasteiger partial charge in [-0.05, 0) is 53.4 Å². The van der Waals surface area contributed by atoms with Crippen molar-refractivity contribution in [1.29, 1.82) is 0 Å². The molecule has 0 aliphatic carbocycles. The fourth-order valence-electron chi connectivity index (χ4n) is 1.48. The van der Waals surface area contributed by atoms with Crippen molar-refractivity contribution < 1.29 is 14.2 Å². The van der Waals surface area contributed by atoms with Crippen LogP contribution in [0.5, 0.6) is 11.5 Å². The second kappa shape index (κ2) is 6.06. The van der Waals surface area contributed by atoms with Gasteiger partial charge in [0.25, 0.3) is 0 Å². The Morgan fingerprint density at radius 1 is 1.50 bits per heavy atom. The van der Waals surface area contributed by atoms with Crippen LogP contribution in [0.1, 0.15) is 18.4 Å². The third-order valence-electron chi connectivity index (χ3n) is 2.33. The Kier molecular flexibility index (Phi) is 5.02. The molecule has 1 rings (SSSR count). The van der Waals surface area contributed by atoms with E-state index in [9.17, 15) is 9.50 Å². The van der Waals surface area contributed by atoms with E-state index in [-0.39, 0.29) is 11.5 Å². The standard InChI is InChI=1S/C11H15BrFNO2/c1-16-11-8(12)6-7(4-2-3-5-14)10(15)9(11)13/h6,15H,2-5,14H2,1H3. The molecule has 5 heteroatoms. The number of phenolic OH excluding ortho intramolecular Hbond substituents is 1. The summed E-state index contributed by atoms with van der Waals surface area (Å²) in [6.07, 6.45) is 2.27. The number of ether oxygens (including phenoxy) is 1. The smallest absolute Gasteiger partial charge is 0.208 e. The van der Waals surface area contributed by atoms with E-state index in [1.807, 2.05) is 0 Å². The van der Waals surface area contributed by atoms with Crippen molar-refractivity contribution in [3.8, 4) is 11.5 Å². The van der Waals surface area contributed by atoms with Crippen molar-refractivity contribution in [1.82, 2.24) is 0 Å². The number of hydrogen-bond donors (Lipinski definition) is 2. The molecule has 0 fully saturated rings. The molecule has 0 saturated heterocycles. The van der Waals surface area contributed by atoms with E-state index in [2.05, 4.69) is 15.9 Å². The number of halogens is 2. The van der Waals surface area contributed by atoms with Gasteiger partial charge in [0.1, 0.15) is 0 Å². The third kappa shape index (κ3) is 2.86. The quantitative estimate of drug-likeness (QED) is 0.820. The van der Waals surface area contributed by atoms with Crippen molar-refractivity contribution in [3.05, 3.63) is 21.9 Å². The van der Waals surface area contributed by atoms with Gasteiger partial charge in [0, 0.05) is 0 Å². The zero-order chi connectivity index (χ0) is 12.1. The first kappa shape index (κ1) is 13.3. The molecule has 0 aromatic heterocycles. The lowest BCUT2D eigenvalue weighted by Gasteiger charge is -2.10. The molecule has 0 atom stereocenters. The fourth-order valence-corrected chi connectivity index (χ4v) is 2.09. The predicted octanol–water partition coefficient (Wildman–Crippen LogP) is 2.58. The predicted molar refractivity (Wildman–Crippen MR) is 64.3 cm³/mol. The summed E-state index contributed by atoms with van der Waals surface area (Å²) in [4.78, 5) is 0. The minimum Gasteiger partial charge on any atom is -0.505 e. The van der Waals surface area contributed by atoms with Gasteiger partial charge >= 0.3 is 0 Å². The Morgan fingerprint density at radius 3 is 2.75 bits per heavy atom. The van der Waals surface area contributed by atoms with Crippen LogP contribution in [0.15, 0.2) is 10.5 Å². The van der Waals surface area contributed by atoms with Gasteiger partial charge in [-0.2, -0.15) is 4.39 Å². The Hall–Kier alpha value is -0.810. The van der Waals surface area contributed by atoms with Crippen LogP contribution in [-0.4, -0.2) is 18.8 Å². The summed E-state index contributed by atoms with van der Waals surface area (Å²) in [7, 11) is 1.36. The highest BCUT2D eigenvalue weighted by atomic mass is 79.9. The molecule has 1 aromatic carbocycles. The number of nitrogens with two attached hydrogens (primary N) is 1. The van der Waals surface area contributed by atoms with Gasteiger partial charge in [-0.3, -0.25) is 0 Å². The summed E-state index contributed by atoms with van der Waals surface area (Å²) in [5.74, 6) is -1.03. The molecular weight excluding hydrogens is 277 g/mol. The van der Waals surface area contributed by atoms with E-state index in [1.165, 1.54) is 7.11 Å². The minimum atomic E-state index is -0.723. The lowest BCUT2D eigenvalue weighted by atomic mass is 10.1. The number of phenols is 1. The minimum absolute atomic E-state index is 0.0278. The highest BCUT2D eigenvalue weighted by Gasteiger charge is 2.16. The maximum Gasteiger partial charge on any atom is 0.208 e. The SMILES string of the molecule is COc1c(Br)cc(CCCCN)c(O)c1F. The lowest BCUT2D eigenvalue weighted by Crippen LogP contribution is -2.00. The number of methoxy groups -OCH3 is 1. The van der Waals surface area contributed by atoms with Crippen LogP contribution in [0, 0.1) is 5.82 Å². The van der Waals surface area contributed by atoms with E-state index in [0.29, 0.717) is 23.0 Å². The van der Waals surface area contributed by atoms with E-state index in [1.54, 1.807) is 6.07 Å². The van der Waals surface area contributed by atoms with Crippen LogP contribution in [0.25, 0.3) is 0 Å². The number of benzene rings is 1. The van der Waals surface area contributed by atoms with Crippen molar-refractivity contribution >= 4 is 15.9 Å². The van der Waals surface area contributed by atoms with Gasteiger partial charge < -0.3 is 15.6 Å². The van der Waals surface area contributed by atoms with Crippen LogP contribution < -0.4 is 10.5 Å². The molecule has 0 bridgehead atoms. The maximum absolute atomic E-state index is 13.6. The van der Waals surface area contributed by atoms with Crippen molar-refractivity contribution in [2.75, 3.05) is 13.7 Å². The topological polar surface area (TPSA) is 55.5 Å². The normalized spacial score (nSPS) is 10.5. The molecule has 0 aliphatic rings. The summed E-state index contributed by atoms with van der Waals surface area (Å²) in [6.45, 7) is 0.598. The molecule has 3 nitrogen and oxygen atoms in total. The van der Waals surface area contributed by atoms with Crippen LogP contribution >= 0.6 is 15.9 Å². The number of unbranched alkanes of at least 4 members (excludes halogenated alkanes) is 1. The van der Waals surface area contributed by atoms with Crippen LogP contribution in [0.4, 0.5) is 4.39 Å². The Morgan fingerprint density at radius 2 is 2.19 bits per heavy atom. The number of aromatic hydroxyl groups is 1. The molecule has 0 amide bonds. The van der Waals surface area contributed by atoms with Crippen LogP contribution in [-0.2, 0) is 6.42 Å². The van der Waals surface area contributed by atoms with Crippen molar-refractivity contribution in [3.63, 3.8) is 0 Å². The average Bonchev–Trinajstić information content (AvgIpc) is 2.26. The monoisotopic (exact) mass is 291 g/mol. The molecule has 0 saturated carbocycles. The first-order valence-corrected chi connectivity index (χ1v) is 5.85. The van der Waals surface area contributed by atoms with Gasteiger partial charge in [0.05, 0.1) is 11.6 Å². The summed E-state index contributed by atoms with van der Waals surface area (Å²) in [6, 6.07) is 1.67. The third-order valence-corrected chi connectivity index (χ3v) is 2.92. The zero-order valence-electron chi connectivity index (χ0n) is 9.09. The Labute approximate surface area is 103 Å². The molecular formula is C11H15BrFNO2. The molecule has 0 aliphatic heterocycles. The van der Waals surface area contributed by atoms with Crippen molar-refractivity contribution in [2.45, 2.75) is 19.3 Å². The molecule has 0 unspecified atom stereocenters. The zero-order valence-corrected chi connectivity index (χ0v) is 10.7. The second-order valence-electron chi connectivity index (χ2n) is 3.46. The lowest BCUT2D eigenvalue weighted by molar-refractivity contribution is 0.359. The Bertz CT molecular complexity index is 371. The first-order valence-electron chi connectivity index (χ1n) is 5.05. The number of aryl methyl sites for hydroxylation is 1. The van der Waals surface area contributed by atoms with Crippen molar-refractivity contribution in [2.24, 2.45) is 5.73 Å². The van der Waals surface area contributed by atoms with E-state index >= 15 is 0 Å². The average molecular weight is 292 g/mol. The summed E-state index contributed by atoms with van der Waals surface area (Å²) < 4.78 is 18.9. The fraction of sp³-hybridized carbons (Fsp3) is 0.455.